The number of piperazine rings is 1. The van der Waals surface area contributed by atoms with Crippen LogP contribution in [0.3, 0.4) is 0 Å². The molecule has 2 heterocycles. The molecule has 25 heavy (non-hydrogen) atoms. The molecule has 1 aromatic heterocycles. The molecule has 134 valence electrons. The molecule has 0 spiro atoms. The number of benzene rings is 1. The second kappa shape index (κ2) is 8.92. The minimum absolute atomic E-state index is 0.409. The van der Waals surface area contributed by atoms with Crippen molar-refractivity contribution < 1.29 is 0 Å². The topological polar surface area (TPSA) is 44.3 Å². The van der Waals surface area contributed by atoms with E-state index in [1.807, 2.05) is 18.5 Å². The highest BCUT2D eigenvalue weighted by molar-refractivity contribution is 5.29. The third kappa shape index (κ3) is 5.25. The Hall–Kier alpha value is -1.98. The lowest BCUT2D eigenvalue weighted by atomic mass is 10.1. The second-order valence-corrected chi connectivity index (χ2v) is 6.82. The normalized spacial score (nSPS) is 16.8. The van der Waals surface area contributed by atoms with Crippen molar-refractivity contribution in [1.29, 1.82) is 0 Å². The van der Waals surface area contributed by atoms with E-state index in [1.54, 1.807) is 0 Å². The average Bonchev–Trinajstić information content (AvgIpc) is 2.66. The summed E-state index contributed by atoms with van der Waals surface area (Å²) in [5.41, 5.74) is 2.70. The Morgan fingerprint density at radius 3 is 2.56 bits per heavy atom. The number of nitrogens with one attached hydrogen (secondary N) is 1. The molecule has 5 heteroatoms. The van der Waals surface area contributed by atoms with Gasteiger partial charge >= 0.3 is 0 Å². The number of hydrogen-bond acceptors (Lipinski definition) is 5. The monoisotopic (exact) mass is 339 g/mol. The average molecular weight is 339 g/mol. The number of aromatic nitrogens is 2. The molecule has 3 rings (SSSR count). The Bertz CT molecular complexity index is 638. The van der Waals surface area contributed by atoms with Crippen molar-refractivity contribution in [2.24, 2.45) is 0 Å². The molecule has 1 aliphatic rings. The molecule has 0 unspecified atom stereocenters. The second-order valence-electron chi connectivity index (χ2n) is 6.82. The fourth-order valence-electron chi connectivity index (χ4n) is 3.30. The molecule has 1 aliphatic heterocycles. The zero-order chi connectivity index (χ0) is 17.5. The largest absolute Gasteiger partial charge is 0.338 e. The Labute approximate surface area is 151 Å². The summed E-state index contributed by atoms with van der Waals surface area (Å²) in [7, 11) is 0. The molecule has 5 nitrogen and oxygen atoms in total. The number of hydrogen-bond donors (Lipinski definition) is 1. The lowest BCUT2D eigenvalue weighted by molar-refractivity contribution is 0.252. The lowest BCUT2D eigenvalue weighted by Crippen LogP contribution is -2.47. The van der Waals surface area contributed by atoms with Crippen LogP contribution in [0.15, 0.2) is 42.7 Å². The van der Waals surface area contributed by atoms with Crippen molar-refractivity contribution in [2.75, 3.05) is 44.2 Å². The summed E-state index contributed by atoms with van der Waals surface area (Å²) in [6.45, 7) is 10.8. The van der Waals surface area contributed by atoms with Crippen LogP contribution in [0, 0.1) is 6.92 Å². The SMILES string of the molecule is Cc1cccc([C@H](C)NCCCN2CCN(c3ncccn3)CC2)c1. The maximum absolute atomic E-state index is 4.34. The summed E-state index contributed by atoms with van der Waals surface area (Å²) in [6, 6.07) is 11.0. The number of anilines is 1. The Balaban J connectivity index is 1.34. The Morgan fingerprint density at radius 2 is 1.84 bits per heavy atom. The molecule has 1 aromatic carbocycles. The van der Waals surface area contributed by atoms with Gasteiger partial charge in [0, 0.05) is 44.6 Å². The van der Waals surface area contributed by atoms with Crippen LogP contribution < -0.4 is 10.2 Å². The molecule has 0 radical (unpaired) electrons. The van der Waals surface area contributed by atoms with Crippen molar-refractivity contribution in [3.63, 3.8) is 0 Å². The summed E-state index contributed by atoms with van der Waals surface area (Å²) in [5, 5.41) is 3.64. The maximum Gasteiger partial charge on any atom is 0.225 e. The first kappa shape index (κ1) is 17.8. The van der Waals surface area contributed by atoms with Crippen LogP contribution in [0.2, 0.25) is 0 Å². The van der Waals surface area contributed by atoms with E-state index in [4.69, 9.17) is 0 Å². The highest BCUT2D eigenvalue weighted by atomic mass is 15.3. The summed E-state index contributed by atoms with van der Waals surface area (Å²) in [5.74, 6) is 0.857. The van der Waals surface area contributed by atoms with Crippen molar-refractivity contribution in [1.82, 2.24) is 20.2 Å². The zero-order valence-electron chi connectivity index (χ0n) is 15.4. The summed E-state index contributed by atoms with van der Waals surface area (Å²) in [4.78, 5) is 13.5. The van der Waals surface area contributed by atoms with Crippen molar-refractivity contribution in [3.05, 3.63) is 53.9 Å². The van der Waals surface area contributed by atoms with Gasteiger partial charge in [-0.05, 0) is 45.0 Å². The van der Waals surface area contributed by atoms with Gasteiger partial charge in [0.15, 0.2) is 0 Å². The zero-order valence-corrected chi connectivity index (χ0v) is 15.4. The van der Waals surface area contributed by atoms with Crippen LogP contribution in [0.1, 0.15) is 30.5 Å². The van der Waals surface area contributed by atoms with E-state index in [1.165, 1.54) is 17.5 Å². The van der Waals surface area contributed by atoms with Gasteiger partial charge in [-0.3, -0.25) is 4.90 Å². The van der Waals surface area contributed by atoms with Crippen LogP contribution in [-0.4, -0.2) is 54.1 Å². The van der Waals surface area contributed by atoms with E-state index in [0.29, 0.717) is 6.04 Å². The molecule has 1 atom stereocenters. The van der Waals surface area contributed by atoms with Crippen molar-refractivity contribution >= 4 is 5.95 Å². The molecular weight excluding hydrogens is 310 g/mol. The van der Waals surface area contributed by atoms with Gasteiger partial charge in [0.1, 0.15) is 0 Å². The molecule has 2 aromatic rings. The summed E-state index contributed by atoms with van der Waals surface area (Å²) < 4.78 is 0. The van der Waals surface area contributed by atoms with Gasteiger partial charge in [-0.2, -0.15) is 0 Å². The quantitative estimate of drug-likeness (QED) is 0.786. The van der Waals surface area contributed by atoms with Crippen LogP contribution in [-0.2, 0) is 0 Å². The van der Waals surface area contributed by atoms with E-state index in [0.717, 1.165) is 45.2 Å². The fourth-order valence-corrected chi connectivity index (χ4v) is 3.30. The first-order valence-electron chi connectivity index (χ1n) is 9.26. The van der Waals surface area contributed by atoms with Crippen molar-refractivity contribution in [2.45, 2.75) is 26.3 Å². The predicted molar refractivity (Wildman–Crippen MR) is 103 cm³/mol. The first-order valence-corrected chi connectivity index (χ1v) is 9.26. The molecule has 0 amide bonds. The Kier molecular flexibility index (Phi) is 6.36. The third-order valence-corrected chi connectivity index (χ3v) is 4.85. The third-order valence-electron chi connectivity index (χ3n) is 4.85. The van der Waals surface area contributed by atoms with E-state index in [2.05, 4.69) is 63.2 Å². The van der Waals surface area contributed by atoms with Gasteiger partial charge in [-0.25, -0.2) is 9.97 Å². The summed E-state index contributed by atoms with van der Waals surface area (Å²) in [6.07, 6.45) is 4.81. The minimum Gasteiger partial charge on any atom is -0.338 e. The van der Waals surface area contributed by atoms with Crippen LogP contribution >= 0.6 is 0 Å². The number of aryl methyl sites for hydroxylation is 1. The van der Waals surface area contributed by atoms with Gasteiger partial charge in [-0.15, -0.1) is 0 Å². The number of nitrogens with zero attached hydrogens (tertiary/aromatic N) is 4. The minimum atomic E-state index is 0.409. The molecule has 1 N–H and O–H groups in total. The molecule has 0 bridgehead atoms. The highest BCUT2D eigenvalue weighted by Crippen LogP contribution is 2.14. The van der Waals surface area contributed by atoms with Crippen LogP contribution in [0.5, 0.6) is 0 Å². The van der Waals surface area contributed by atoms with E-state index in [9.17, 15) is 0 Å². The lowest BCUT2D eigenvalue weighted by Gasteiger charge is -2.34. The van der Waals surface area contributed by atoms with E-state index < -0.39 is 0 Å². The van der Waals surface area contributed by atoms with E-state index in [-0.39, 0.29) is 0 Å². The van der Waals surface area contributed by atoms with Gasteiger partial charge in [0.2, 0.25) is 5.95 Å². The van der Waals surface area contributed by atoms with Crippen molar-refractivity contribution in [3.8, 4) is 0 Å². The van der Waals surface area contributed by atoms with Crippen LogP contribution in [0.25, 0.3) is 0 Å². The summed E-state index contributed by atoms with van der Waals surface area (Å²) >= 11 is 0. The standard InChI is InChI=1S/C20H29N5/c1-17-6-3-7-19(16-17)18(2)21-10-5-11-24-12-14-25(15-13-24)20-22-8-4-9-23-20/h3-4,6-9,16,18,21H,5,10-15H2,1-2H3/t18-/m0/s1. The smallest absolute Gasteiger partial charge is 0.225 e. The van der Waals surface area contributed by atoms with Gasteiger partial charge in [0.05, 0.1) is 0 Å². The molecule has 0 aliphatic carbocycles. The fraction of sp³-hybridized carbons (Fsp3) is 0.500. The first-order chi connectivity index (χ1) is 12.2. The predicted octanol–water partition coefficient (Wildman–Crippen LogP) is 2.65. The molecule has 0 saturated carbocycles. The molecular formula is C20H29N5. The van der Waals surface area contributed by atoms with E-state index >= 15 is 0 Å². The van der Waals surface area contributed by atoms with Gasteiger partial charge < -0.3 is 10.2 Å². The van der Waals surface area contributed by atoms with Crippen LogP contribution in [0.4, 0.5) is 5.95 Å². The Morgan fingerprint density at radius 1 is 1.08 bits per heavy atom. The molecule has 1 saturated heterocycles. The van der Waals surface area contributed by atoms with Gasteiger partial charge in [0.25, 0.3) is 0 Å². The molecule has 1 fully saturated rings. The highest BCUT2D eigenvalue weighted by Gasteiger charge is 2.18. The number of rotatable bonds is 7. The maximum atomic E-state index is 4.34. The van der Waals surface area contributed by atoms with Gasteiger partial charge in [-0.1, -0.05) is 29.8 Å².